The van der Waals surface area contributed by atoms with Crippen LogP contribution in [-0.2, 0) is 9.59 Å². The number of halogens is 2. The van der Waals surface area contributed by atoms with Crippen LogP contribution in [0.5, 0.6) is 11.5 Å². The van der Waals surface area contributed by atoms with Crippen molar-refractivity contribution in [1.29, 1.82) is 0 Å². The first kappa shape index (κ1) is 39.3. The van der Waals surface area contributed by atoms with E-state index in [1.165, 1.54) is 23.5 Å². The Morgan fingerprint density at radius 1 is 0.607 bits per heavy atom. The van der Waals surface area contributed by atoms with Crippen molar-refractivity contribution in [2.75, 3.05) is 4.90 Å². The number of esters is 2. The predicted octanol–water partition coefficient (Wildman–Crippen LogP) is 13.7. The van der Waals surface area contributed by atoms with Gasteiger partial charge in [0.1, 0.15) is 23.1 Å². The second kappa shape index (κ2) is 17.8. The van der Waals surface area contributed by atoms with Gasteiger partial charge in [0.15, 0.2) is 0 Å². The van der Waals surface area contributed by atoms with Crippen molar-refractivity contribution in [2.24, 2.45) is 0 Å². The summed E-state index contributed by atoms with van der Waals surface area (Å²) in [5.74, 6) is -1.57. The van der Waals surface area contributed by atoms with E-state index < -0.39 is 23.6 Å². The molecule has 7 aromatic rings. The third kappa shape index (κ3) is 8.60. The topological polar surface area (TPSA) is 55.8 Å². The molecule has 0 radical (unpaired) electrons. The summed E-state index contributed by atoms with van der Waals surface area (Å²) in [6.45, 7) is 13.0. The predicted molar refractivity (Wildman–Crippen MR) is 226 cm³/mol. The van der Waals surface area contributed by atoms with E-state index in [1.54, 1.807) is 76.9 Å². The maximum atomic E-state index is 16.4. The number of para-hydroxylation sites is 1. The number of aryl methyl sites for hydroxylation is 1. The Morgan fingerprint density at radius 2 is 1.11 bits per heavy atom. The second-order valence-electron chi connectivity index (χ2n) is 12.1. The van der Waals surface area contributed by atoms with Gasteiger partial charge in [0.05, 0.1) is 11.4 Å². The highest BCUT2D eigenvalue weighted by atomic mass is 32.1. The molecule has 0 amide bonds. The average molecular weight is 782 g/mol. The molecule has 0 aliphatic rings. The number of hydrogen-bond acceptors (Lipinski definition) is 7. The Hall–Kier alpha value is -6.42. The number of rotatable bonds is 11. The second-order valence-corrected chi connectivity index (χ2v) is 14.3. The summed E-state index contributed by atoms with van der Waals surface area (Å²) in [4.78, 5) is 28.5. The highest BCUT2D eigenvalue weighted by molar-refractivity contribution is 7.15. The van der Waals surface area contributed by atoms with Gasteiger partial charge in [0.2, 0.25) is 0 Å². The van der Waals surface area contributed by atoms with E-state index in [4.69, 9.17) is 9.47 Å². The molecule has 0 atom stereocenters. The Balaban J connectivity index is 0.00000262. The number of nitrogens with zero attached hydrogens (tertiary/aromatic N) is 1. The van der Waals surface area contributed by atoms with Crippen LogP contribution in [-0.4, -0.2) is 11.9 Å². The quantitative estimate of drug-likeness (QED) is 0.0743. The molecule has 0 saturated heterocycles. The van der Waals surface area contributed by atoms with Crippen molar-refractivity contribution in [1.82, 2.24) is 0 Å². The van der Waals surface area contributed by atoms with Gasteiger partial charge in [-0.1, -0.05) is 75.5 Å². The van der Waals surface area contributed by atoms with E-state index in [0.29, 0.717) is 50.6 Å². The monoisotopic (exact) mass is 781 g/mol. The maximum Gasteiger partial charge on any atom is 0.335 e. The van der Waals surface area contributed by atoms with E-state index in [2.05, 4.69) is 13.2 Å². The molecule has 2 aromatic heterocycles. The first-order valence-electron chi connectivity index (χ1n) is 17.7. The molecule has 0 aliphatic heterocycles. The van der Waals surface area contributed by atoms with Crippen molar-refractivity contribution in [3.63, 3.8) is 0 Å². The summed E-state index contributed by atoms with van der Waals surface area (Å²) in [6, 6.07) is 37.0. The molecular weight excluding hydrogens is 745 g/mol. The first-order chi connectivity index (χ1) is 27.2. The van der Waals surface area contributed by atoms with Gasteiger partial charge in [-0.2, -0.15) is 0 Å². The molecule has 56 heavy (non-hydrogen) atoms. The zero-order valence-electron chi connectivity index (χ0n) is 30.9. The van der Waals surface area contributed by atoms with Crippen LogP contribution < -0.4 is 14.4 Å². The summed E-state index contributed by atoms with van der Waals surface area (Å²) in [6.07, 6.45) is 2.20. The molecule has 0 N–H and O–H groups in total. The fourth-order valence-electron chi connectivity index (χ4n) is 6.01. The van der Waals surface area contributed by atoms with Crippen molar-refractivity contribution < 1.29 is 27.8 Å². The third-order valence-electron chi connectivity index (χ3n) is 8.56. The number of thiophene rings is 2. The lowest BCUT2D eigenvalue weighted by Crippen LogP contribution is -2.13. The van der Waals surface area contributed by atoms with Crippen LogP contribution >= 0.6 is 22.7 Å². The molecule has 5 aromatic carbocycles. The van der Waals surface area contributed by atoms with E-state index in [0.717, 1.165) is 26.8 Å². The normalized spacial score (nSPS) is 10.5. The molecule has 0 bridgehead atoms. The number of hydrogen-bond donors (Lipinski definition) is 0. The summed E-state index contributed by atoms with van der Waals surface area (Å²) in [7, 11) is 0. The molecule has 0 fully saturated rings. The minimum Gasteiger partial charge on any atom is -0.423 e. The van der Waals surface area contributed by atoms with Crippen LogP contribution in [0.2, 0.25) is 0 Å². The number of anilines is 3. The van der Waals surface area contributed by atoms with Crippen LogP contribution in [0.1, 0.15) is 18.7 Å². The smallest absolute Gasteiger partial charge is 0.335 e. The number of carbonyl (C=O) groups excluding carboxylic acids is 2. The van der Waals surface area contributed by atoms with Crippen LogP contribution in [0.4, 0.5) is 25.8 Å². The molecule has 0 aliphatic carbocycles. The minimum absolute atomic E-state index is 0.148. The Kier molecular flexibility index (Phi) is 12.5. The average Bonchev–Trinajstić information content (AvgIpc) is 3.93. The fraction of sp³-hybridized carbons (Fsp3) is 0.0638. The maximum absolute atomic E-state index is 16.4. The van der Waals surface area contributed by atoms with Gasteiger partial charge in [-0.15, -0.1) is 22.7 Å². The summed E-state index contributed by atoms with van der Waals surface area (Å²) in [5, 5.41) is 1.92. The van der Waals surface area contributed by atoms with E-state index in [-0.39, 0.29) is 11.4 Å². The molecule has 0 spiro atoms. The number of ether oxygens (including phenoxy) is 2. The largest absolute Gasteiger partial charge is 0.423 e. The number of carbonyl (C=O) groups is 2. The first-order valence-corrected chi connectivity index (χ1v) is 19.4. The molecular formula is C47H37F2NO4S2. The molecule has 0 saturated carbocycles. The van der Waals surface area contributed by atoms with Crippen molar-refractivity contribution in [2.45, 2.75) is 20.8 Å². The standard InChI is InChI=1S/C45H31F2NO4S2.C2H6/c1-4-44(49)51-40-20-16-29(24-34(40)42-12-9-23-53-42)31-14-18-38(36(46)26-31)48(33-10-7-6-8-11-33)39-19-15-32(27-37(39)47)30-17-21-41(52-45(50)5-2)35(25-30)43-22-13-28(3)54-43;1-2/h4-27H,1-2H2,3H3;1-2H3. The number of benzene rings is 5. The zero-order valence-corrected chi connectivity index (χ0v) is 32.6. The summed E-state index contributed by atoms with van der Waals surface area (Å²) >= 11 is 3.03. The molecule has 5 nitrogen and oxygen atoms in total. The Labute approximate surface area is 333 Å². The Bertz CT molecular complexity index is 2530. The third-order valence-corrected chi connectivity index (χ3v) is 10.5. The van der Waals surface area contributed by atoms with Gasteiger partial charge in [-0.25, -0.2) is 18.4 Å². The van der Waals surface area contributed by atoms with Crippen LogP contribution in [0, 0.1) is 18.6 Å². The van der Waals surface area contributed by atoms with Gasteiger partial charge >= 0.3 is 11.9 Å². The van der Waals surface area contributed by atoms with Crippen LogP contribution in [0.25, 0.3) is 43.1 Å². The Morgan fingerprint density at radius 3 is 1.55 bits per heavy atom. The zero-order chi connectivity index (χ0) is 39.8. The molecule has 7 rings (SSSR count). The van der Waals surface area contributed by atoms with Crippen molar-refractivity contribution >= 4 is 51.7 Å². The van der Waals surface area contributed by atoms with Gasteiger partial charge in [0, 0.05) is 43.6 Å². The highest BCUT2D eigenvalue weighted by Crippen LogP contribution is 2.43. The lowest BCUT2D eigenvalue weighted by Gasteiger charge is -2.27. The van der Waals surface area contributed by atoms with Gasteiger partial charge in [-0.05, 0) is 113 Å². The van der Waals surface area contributed by atoms with Crippen molar-refractivity contribution in [3.05, 3.63) is 175 Å². The van der Waals surface area contributed by atoms with E-state index >= 15 is 8.78 Å². The van der Waals surface area contributed by atoms with E-state index in [9.17, 15) is 9.59 Å². The van der Waals surface area contributed by atoms with Crippen LogP contribution in [0.3, 0.4) is 0 Å². The SMILES string of the molecule is C=CC(=O)Oc1ccc(-c2ccc(N(c3ccccc3)c3ccc(-c4ccc(OC(=O)C=C)c(-c5ccc(C)s5)c4)cc3F)c(F)c2)cc1-c1cccs1.CC. The van der Waals surface area contributed by atoms with Crippen LogP contribution in [0.15, 0.2) is 158 Å². The van der Waals surface area contributed by atoms with Gasteiger partial charge in [-0.3, -0.25) is 0 Å². The molecule has 9 heteroatoms. The molecule has 2 heterocycles. The molecule has 0 unspecified atom stereocenters. The van der Waals surface area contributed by atoms with Gasteiger partial charge < -0.3 is 14.4 Å². The molecule has 280 valence electrons. The highest BCUT2D eigenvalue weighted by Gasteiger charge is 2.22. The van der Waals surface area contributed by atoms with E-state index in [1.807, 2.05) is 80.7 Å². The lowest BCUT2D eigenvalue weighted by molar-refractivity contribution is -0.129. The van der Waals surface area contributed by atoms with Crippen molar-refractivity contribution in [3.8, 4) is 54.6 Å². The van der Waals surface area contributed by atoms with Gasteiger partial charge in [0.25, 0.3) is 0 Å². The summed E-state index contributed by atoms with van der Waals surface area (Å²) in [5.41, 5.74) is 4.80. The summed E-state index contributed by atoms with van der Waals surface area (Å²) < 4.78 is 43.8. The fourth-order valence-corrected chi connectivity index (χ4v) is 7.65. The lowest BCUT2D eigenvalue weighted by atomic mass is 9.99. The minimum atomic E-state index is -0.583.